The predicted octanol–water partition coefficient (Wildman–Crippen LogP) is 4.85. The molecule has 0 saturated heterocycles. The highest BCUT2D eigenvalue weighted by molar-refractivity contribution is 6.31. The van der Waals surface area contributed by atoms with E-state index in [4.69, 9.17) is 26.1 Å². The van der Waals surface area contributed by atoms with Crippen LogP contribution in [0.4, 0.5) is 10.3 Å². The average molecular weight is 549 g/mol. The zero-order valence-electron chi connectivity index (χ0n) is 21.4. The van der Waals surface area contributed by atoms with Gasteiger partial charge in [0.2, 0.25) is 5.95 Å². The van der Waals surface area contributed by atoms with E-state index < -0.39 is 5.82 Å². The van der Waals surface area contributed by atoms with Gasteiger partial charge in [-0.25, -0.2) is 13.9 Å². The van der Waals surface area contributed by atoms with Crippen LogP contribution in [-0.4, -0.2) is 41.1 Å². The molecule has 1 N–H and O–H groups in total. The second-order valence-electron chi connectivity index (χ2n) is 8.98. The first-order valence-electron chi connectivity index (χ1n) is 12.3. The molecule has 0 aliphatic carbocycles. The van der Waals surface area contributed by atoms with Crippen LogP contribution in [0.2, 0.25) is 5.02 Å². The molecule has 39 heavy (non-hydrogen) atoms. The van der Waals surface area contributed by atoms with E-state index in [0.29, 0.717) is 48.2 Å². The minimum absolute atomic E-state index is 0.124. The Morgan fingerprint density at radius 3 is 2.56 bits per heavy atom. The normalized spacial score (nSPS) is 12.6. The molecule has 10 heteroatoms. The summed E-state index contributed by atoms with van der Waals surface area (Å²) in [5.41, 5.74) is 2.56. The summed E-state index contributed by atoms with van der Waals surface area (Å²) in [6.45, 7) is 0.825. The van der Waals surface area contributed by atoms with Gasteiger partial charge in [0.25, 0.3) is 11.5 Å². The van der Waals surface area contributed by atoms with Crippen molar-refractivity contribution in [3.63, 3.8) is 0 Å². The van der Waals surface area contributed by atoms with Crippen molar-refractivity contribution in [2.45, 2.75) is 19.5 Å². The van der Waals surface area contributed by atoms with E-state index in [-0.39, 0.29) is 28.6 Å². The Labute approximate surface area is 229 Å². The lowest BCUT2D eigenvalue weighted by Gasteiger charge is -2.29. The number of benzene rings is 3. The van der Waals surface area contributed by atoms with Gasteiger partial charge in [0.1, 0.15) is 17.3 Å². The molecule has 2 heterocycles. The number of ether oxygens (including phenoxy) is 2. The predicted molar refractivity (Wildman–Crippen MR) is 147 cm³/mol. The number of rotatable bonds is 7. The van der Waals surface area contributed by atoms with Crippen LogP contribution in [0.25, 0.3) is 5.69 Å². The third kappa shape index (κ3) is 5.31. The fourth-order valence-electron chi connectivity index (χ4n) is 4.55. The van der Waals surface area contributed by atoms with E-state index in [1.807, 2.05) is 36.4 Å². The molecule has 8 nitrogen and oxygen atoms in total. The van der Waals surface area contributed by atoms with Gasteiger partial charge in [0.05, 0.1) is 37.2 Å². The largest absolute Gasteiger partial charge is 0.497 e. The van der Waals surface area contributed by atoms with Gasteiger partial charge in [0.15, 0.2) is 0 Å². The molecule has 0 atom stereocenters. The lowest BCUT2D eigenvalue weighted by Crippen LogP contribution is -2.41. The highest BCUT2D eigenvalue weighted by Crippen LogP contribution is 2.27. The number of amides is 1. The summed E-state index contributed by atoms with van der Waals surface area (Å²) >= 11 is 5.89. The van der Waals surface area contributed by atoms with Crippen molar-refractivity contribution in [3.8, 4) is 17.2 Å². The van der Waals surface area contributed by atoms with Crippen molar-refractivity contribution in [1.29, 1.82) is 0 Å². The van der Waals surface area contributed by atoms with Crippen molar-refractivity contribution >= 4 is 23.5 Å². The number of para-hydroxylation sites is 2. The minimum atomic E-state index is -0.594. The molecule has 0 radical (unpaired) electrons. The van der Waals surface area contributed by atoms with E-state index in [0.717, 1.165) is 11.3 Å². The van der Waals surface area contributed by atoms with E-state index in [9.17, 15) is 14.0 Å². The molecule has 0 unspecified atom stereocenters. The lowest BCUT2D eigenvalue weighted by atomic mass is 10.0. The summed E-state index contributed by atoms with van der Waals surface area (Å²) in [5.74, 6) is 0.672. The molecule has 4 aromatic rings. The highest BCUT2D eigenvalue weighted by atomic mass is 35.5. The molecular formula is C29H26ClFN4O4. The van der Waals surface area contributed by atoms with E-state index in [1.165, 1.54) is 22.8 Å². The van der Waals surface area contributed by atoms with Crippen molar-refractivity contribution in [3.05, 3.63) is 110 Å². The molecule has 1 aliphatic rings. The monoisotopic (exact) mass is 548 g/mol. The Morgan fingerprint density at radius 1 is 1.08 bits per heavy atom. The van der Waals surface area contributed by atoms with Gasteiger partial charge in [-0.15, -0.1) is 0 Å². The number of nitrogens with zero attached hydrogens (tertiary/aromatic N) is 3. The number of nitrogens with one attached hydrogen (secondary N) is 1. The summed E-state index contributed by atoms with van der Waals surface area (Å²) in [4.78, 5) is 33.5. The maximum Gasteiger partial charge on any atom is 0.263 e. The molecule has 1 amide bonds. The van der Waals surface area contributed by atoms with E-state index in [2.05, 4.69) is 5.32 Å². The Morgan fingerprint density at radius 2 is 1.85 bits per heavy atom. The molecule has 0 bridgehead atoms. The van der Waals surface area contributed by atoms with Gasteiger partial charge < -0.3 is 19.7 Å². The van der Waals surface area contributed by atoms with Crippen LogP contribution in [0.15, 0.2) is 71.5 Å². The van der Waals surface area contributed by atoms with Gasteiger partial charge in [-0.3, -0.25) is 9.59 Å². The van der Waals surface area contributed by atoms with Crippen LogP contribution >= 0.6 is 11.6 Å². The van der Waals surface area contributed by atoms with E-state index in [1.54, 1.807) is 31.3 Å². The SMILES string of the molecule is COc1ccc(CNc2nc3c(c(=O)n2-c2ccccc2OC)CCN(C(=O)c2ccc(F)c(Cl)c2)C3)cc1. The Bertz CT molecular complexity index is 1590. The van der Waals surface area contributed by atoms with Crippen LogP contribution < -0.4 is 20.3 Å². The maximum absolute atomic E-state index is 13.9. The number of methoxy groups -OCH3 is 2. The lowest BCUT2D eigenvalue weighted by molar-refractivity contribution is 0.0731. The molecule has 1 aromatic heterocycles. The third-order valence-electron chi connectivity index (χ3n) is 6.62. The number of carbonyl (C=O) groups excluding carboxylic acids is 1. The van der Waals surface area contributed by atoms with Crippen molar-refractivity contribution in [1.82, 2.24) is 14.5 Å². The second-order valence-corrected chi connectivity index (χ2v) is 9.39. The number of hydrogen-bond acceptors (Lipinski definition) is 6. The van der Waals surface area contributed by atoms with Crippen molar-refractivity contribution in [2.75, 3.05) is 26.1 Å². The van der Waals surface area contributed by atoms with Gasteiger partial charge >= 0.3 is 0 Å². The summed E-state index contributed by atoms with van der Waals surface area (Å²) in [6, 6.07) is 18.7. The van der Waals surface area contributed by atoms with Gasteiger partial charge in [-0.1, -0.05) is 35.9 Å². The van der Waals surface area contributed by atoms with Crippen LogP contribution in [0.1, 0.15) is 27.2 Å². The first kappa shape index (κ1) is 26.2. The standard InChI is InChI=1S/C29H26ClFN4O4/c1-38-20-10-7-18(8-11-20)16-32-29-33-24-17-34(27(36)19-9-12-23(31)22(30)15-19)14-13-21(24)28(37)35(29)25-5-3-4-6-26(25)39-2/h3-12,15H,13-14,16-17H2,1-2H3,(H,32,33). The number of hydrogen-bond donors (Lipinski definition) is 1. The zero-order chi connectivity index (χ0) is 27.5. The van der Waals surface area contributed by atoms with Crippen LogP contribution in [0.5, 0.6) is 11.5 Å². The summed E-state index contributed by atoms with van der Waals surface area (Å²) in [6.07, 6.45) is 0.315. The minimum Gasteiger partial charge on any atom is -0.497 e. The smallest absolute Gasteiger partial charge is 0.263 e. The molecular weight excluding hydrogens is 523 g/mol. The van der Waals surface area contributed by atoms with E-state index >= 15 is 0 Å². The summed E-state index contributed by atoms with van der Waals surface area (Å²) < 4.78 is 25.9. The van der Waals surface area contributed by atoms with Crippen LogP contribution in [-0.2, 0) is 19.5 Å². The Hall–Kier alpha value is -4.37. The fourth-order valence-corrected chi connectivity index (χ4v) is 4.74. The summed E-state index contributed by atoms with van der Waals surface area (Å²) in [7, 11) is 3.15. The molecule has 0 fully saturated rings. The van der Waals surface area contributed by atoms with Gasteiger partial charge in [0, 0.05) is 24.2 Å². The molecule has 200 valence electrons. The van der Waals surface area contributed by atoms with Crippen molar-refractivity contribution < 1.29 is 18.7 Å². The number of aromatic nitrogens is 2. The first-order chi connectivity index (χ1) is 18.9. The fraction of sp³-hybridized carbons (Fsp3) is 0.207. The molecule has 0 spiro atoms. The maximum atomic E-state index is 13.9. The Balaban J connectivity index is 1.52. The molecule has 0 saturated carbocycles. The van der Waals surface area contributed by atoms with Crippen LogP contribution in [0.3, 0.4) is 0 Å². The first-order valence-corrected chi connectivity index (χ1v) is 12.7. The number of carbonyl (C=O) groups is 1. The number of fused-ring (bicyclic) bond motifs is 1. The molecule has 1 aliphatic heterocycles. The summed E-state index contributed by atoms with van der Waals surface area (Å²) in [5, 5.41) is 3.17. The molecule has 5 rings (SSSR count). The Kier molecular flexibility index (Phi) is 7.51. The quantitative estimate of drug-likeness (QED) is 0.355. The van der Waals surface area contributed by atoms with Gasteiger partial charge in [-0.05, 0) is 54.4 Å². The zero-order valence-corrected chi connectivity index (χ0v) is 22.2. The number of anilines is 1. The number of halogens is 2. The average Bonchev–Trinajstić information content (AvgIpc) is 2.97. The highest BCUT2D eigenvalue weighted by Gasteiger charge is 2.28. The topological polar surface area (TPSA) is 85.7 Å². The third-order valence-corrected chi connectivity index (χ3v) is 6.91. The second kappa shape index (κ2) is 11.2. The van der Waals surface area contributed by atoms with Crippen LogP contribution in [0, 0.1) is 5.82 Å². The van der Waals surface area contributed by atoms with Crippen molar-refractivity contribution in [2.24, 2.45) is 0 Å². The van der Waals surface area contributed by atoms with Gasteiger partial charge in [-0.2, -0.15) is 0 Å². The molecule has 3 aromatic carbocycles.